The fourth-order valence-corrected chi connectivity index (χ4v) is 1.83. The van der Waals surface area contributed by atoms with E-state index in [1.165, 1.54) is 20.3 Å². The van der Waals surface area contributed by atoms with Gasteiger partial charge in [0.25, 0.3) is 0 Å². The summed E-state index contributed by atoms with van der Waals surface area (Å²) in [7, 11) is 2.54. The zero-order valence-corrected chi connectivity index (χ0v) is 10.5. The van der Waals surface area contributed by atoms with Crippen LogP contribution in [-0.4, -0.2) is 31.3 Å². The molecule has 98 valence electrons. The van der Waals surface area contributed by atoms with Crippen molar-refractivity contribution in [1.82, 2.24) is 0 Å². The number of hydrogen-bond acceptors (Lipinski definition) is 5. The van der Waals surface area contributed by atoms with E-state index in [1.807, 2.05) is 0 Å². The highest BCUT2D eigenvalue weighted by atomic mass is 16.5. The third-order valence-corrected chi connectivity index (χ3v) is 2.77. The van der Waals surface area contributed by atoms with Crippen molar-refractivity contribution in [1.29, 1.82) is 0 Å². The molecule has 0 amide bonds. The van der Waals surface area contributed by atoms with E-state index in [1.54, 1.807) is 24.3 Å². The summed E-state index contributed by atoms with van der Waals surface area (Å²) in [4.78, 5) is 22.9. The number of ether oxygens (including phenoxy) is 2. The number of methoxy groups -OCH3 is 2. The van der Waals surface area contributed by atoms with Crippen LogP contribution >= 0.6 is 0 Å². The molecule has 5 heteroatoms. The zero-order chi connectivity index (χ0) is 14.0. The Bertz CT molecular complexity index is 655. The summed E-state index contributed by atoms with van der Waals surface area (Å²) in [6.07, 6.45) is 0. The molecule has 0 bridgehead atoms. The summed E-state index contributed by atoms with van der Waals surface area (Å²) in [6.45, 7) is 0. The Balaban J connectivity index is 2.63. The highest BCUT2D eigenvalue weighted by Crippen LogP contribution is 2.28. The van der Waals surface area contributed by atoms with Crippen LogP contribution in [0.1, 0.15) is 20.7 Å². The zero-order valence-electron chi connectivity index (χ0n) is 10.5. The molecule has 0 saturated heterocycles. The van der Waals surface area contributed by atoms with Gasteiger partial charge < -0.3 is 14.6 Å². The maximum atomic E-state index is 11.5. The Morgan fingerprint density at radius 3 is 2.16 bits per heavy atom. The topological polar surface area (TPSA) is 72.8 Å². The van der Waals surface area contributed by atoms with Gasteiger partial charge in [0.05, 0.1) is 25.3 Å². The maximum Gasteiger partial charge on any atom is 0.338 e. The van der Waals surface area contributed by atoms with Gasteiger partial charge in [0.2, 0.25) is 0 Å². The minimum Gasteiger partial charge on any atom is -0.507 e. The van der Waals surface area contributed by atoms with E-state index in [4.69, 9.17) is 0 Å². The van der Waals surface area contributed by atoms with Crippen LogP contribution in [0.2, 0.25) is 0 Å². The molecule has 0 aromatic heterocycles. The van der Waals surface area contributed by atoms with E-state index in [-0.39, 0.29) is 11.3 Å². The molecule has 0 fully saturated rings. The van der Waals surface area contributed by atoms with Crippen molar-refractivity contribution in [2.75, 3.05) is 14.2 Å². The molecule has 0 radical (unpaired) electrons. The Morgan fingerprint density at radius 1 is 0.947 bits per heavy atom. The van der Waals surface area contributed by atoms with E-state index < -0.39 is 11.9 Å². The number of phenols is 1. The number of benzene rings is 2. The summed E-state index contributed by atoms with van der Waals surface area (Å²) < 4.78 is 9.22. The van der Waals surface area contributed by atoms with Crippen molar-refractivity contribution in [3.63, 3.8) is 0 Å². The summed E-state index contributed by atoms with van der Waals surface area (Å²) >= 11 is 0. The number of phenolic OH excluding ortho intramolecular Hbond substituents is 1. The number of aromatic hydroxyl groups is 1. The van der Waals surface area contributed by atoms with E-state index in [9.17, 15) is 14.7 Å². The molecule has 1 N–H and O–H groups in total. The van der Waals surface area contributed by atoms with E-state index in [0.717, 1.165) is 0 Å². The summed E-state index contributed by atoms with van der Waals surface area (Å²) in [5.74, 6) is -1.08. The normalized spacial score (nSPS) is 10.2. The van der Waals surface area contributed by atoms with E-state index in [0.29, 0.717) is 16.3 Å². The molecule has 2 rings (SSSR count). The first kappa shape index (κ1) is 12.9. The second kappa shape index (κ2) is 4.97. The number of carbonyl (C=O) groups is 2. The second-order valence-electron chi connectivity index (χ2n) is 3.91. The van der Waals surface area contributed by atoms with Gasteiger partial charge in [0.1, 0.15) is 5.75 Å². The summed E-state index contributed by atoms with van der Waals surface area (Å²) in [5, 5.41) is 11.0. The highest BCUT2D eigenvalue weighted by Gasteiger charge is 2.12. The Kier molecular flexibility index (Phi) is 3.37. The molecule has 0 saturated carbocycles. The molecule has 2 aromatic rings. The minimum atomic E-state index is -0.555. The van der Waals surface area contributed by atoms with Crippen LogP contribution in [0.5, 0.6) is 5.75 Å². The lowest BCUT2D eigenvalue weighted by atomic mass is 10.0. The smallest absolute Gasteiger partial charge is 0.338 e. The minimum absolute atomic E-state index is 0.0469. The molecule has 0 aliphatic carbocycles. The number of hydrogen-bond donors (Lipinski definition) is 1. The lowest BCUT2D eigenvalue weighted by molar-refractivity contribution is 0.0592. The first-order valence-electron chi connectivity index (χ1n) is 5.50. The van der Waals surface area contributed by atoms with Gasteiger partial charge in [-0.1, -0.05) is 0 Å². The molecule has 0 spiro atoms. The number of carbonyl (C=O) groups excluding carboxylic acids is 2. The molecule has 5 nitrogen and oxygen atoms in total. The maximum absolute atomic E-state index is 11.5. The highest BCUT2D eigenvalue weighted by molar-refractivity contribution is 6.01. The molecular formula is C14H12O5. The van der Waals surface area contributed by atoms with Crippen LogP contribution in [0.3, 0.4) is 0 Å². The lowest BCUT2D eigenvalue weighted by Gasteiger charge is -2.06. The molecule has 0 heterocycles. The van der Waals surface area contributed by atoms with Crippen molar-refractivity contribution < 1.29 is 24.2 Å². The third-order valence-electron chi connectivity index (χ3n) is 2.77. The molecule has 0 atom stereocenters. The predicted octanol–water partition coefficient (Wildman–Crippen LogP) is 2.12. The van der Waals surface area contributed by atoms with Crippen LogP contribution in [-0.2, 0) is 9.47 Å². The Morgan fingerprint density at radius 2 is 1.53 bits per heavy atom. The average Bonchev–Trinajstić information content (AvgIpc) is 2.44. The predicted molar refractivity (Wildman–Crippen MR) is 68.3 cm³/mol. The number of rotatable bonds is 2. The van der Waals surface area contributed by atoms with E-state index >= 15 is 0 Å². The van der Waals surface area contributed by atoms with Gasteiger partial charge in [-0.2, -0.15) is 0 Å². The van der Waals surface area contributed by atoms with Crippen LogP contribution in [0, 0.1) is 0 Å². The standard InChI is InChI=1S/C14H12O5/c1-18-13(16)8-3-4-11-9(5-8)6-10(7-12(11)15)14(17)19-2/h3-7,15H,1-2H3. The Hall–Kier alpha value is -2.56. The van der Waals surface area contributed by atoms with Crippen molar-refractivity contribution in [2.45, 2.75) is 0 Å². The van der Waals surface area contributed by atoms with Crippen LogP contribution in [0.15, 0.2) is 30.3 Å². The quantitative estimate of drug-likeness (QED) is 0.837. The van der Waals surface area contributed by atoms with Crippen LogP contribution < -0.4 is 0 Å². The van der Waals surface area contributed by atoms with Crippen molar-refractivity contribution >= 4 is 22.7 Å². The fourth-order valence-electron chi connectivity index (χ4n) is 1.83. The van der Waals surface area contributed by atoms with E-state index in [2.05, 4.69) is 9.47 Å². The van der Waals surface area contributed by atoms with Gasteiger partial charge in [-0.25, -0.2) is 9.59 Å². The van der Waals surface area contributed by atoms with Gasteiger partial charge in [-0.3, -0.25) is 0 Å². The van der Waals surface area contributed by atoms with Gasteiger partial charge in [-0.05, 0) is 35.7 Å². The Labute approximate surface area is 109 Å². The van der Waals surface area contributed by atoms with Gasteiger partial charge >= 0.3 is 11.9 Å². The third kappa shape index (κ3) is 2.35. The van der Waals surface area contributed by atoms with Gasteiger partial charge in [0, 0.05) is 5.39 Å². The monoisotopic (exact) mass is 260 g/mol. The lowest BCUT2D eigenvalue weighted by Crippen LogP contribution is -2.02. The molecule has 0 aliphatic rings. The molecule has 19 heavy (non-hydrogen) atoms. The molecular weight excluding hydrogens is 248 g/mol. The molecule has 0 aliphatic heterocycles. The van der Waals surface area contributed by atoms with Crippen molar-refractivity contribution in [3.8, 4) is 5.75 Å². The fraction of sp³-hybridized carbons (Fsp3) is 0.143. The SMILES string of the molecule is COC(=O)c1ccc2c(O)cc(C(=O)OC)cc2c1. The summed E-state index contributed by atoms with van der Waals surface area (Å²) in [5.41, 5.74) is 0.561. The van der Waals surface area contributed by atoms with Crippen LogP contribution in [0.4, 0.5) is 0 Å². The second-order valence-corrected chi connectivity index (χ2v) is 3.91. The number of esters is 2. The summed E-state index contributed by atoms with van der Waals surface area (Å²) in [6, 6.07) is 7.57. The van der Waals surface area contributed by atoms with Crippen LogP contribution in [0.25, 0.3) is 10.8 Å². The largest absolute Gasteiger partial charge is 0.507 e. The first-order chi connectivity index (χ1) is 9.06. The van der Waals surface area contributed by atoms with Crippen molar-refractivity contribution in [2.24, 2.45) is 0 Å². The average molecular weight is 260 g/mol. The van der Waals surface area contributed by atoms with Gasteiger partial charge in [-0.15, -0.1) is 0 Å². The number of fused-ring (bicyclic) bond motifs is 1. The first-order valence-corrected chi connectivity index (χ1v) is 5.50. The molecule has 2 aromatic carbocycles. The van der Waals surface area contributed by atoms with Gasteiger partial charge in [0.15, 0.2) is 0 Å². The van der Waals surface area contributed by atoms with Crippen molar-refractivity contribution in [3.05, 3.63) is 41.5 Å². The molecule has 0 unspecified atom stereocenters.